The van der Waals surface area contributed by atoms with E-state index in [-0.39, 0.29) is 11.5 Å². The maximum absolute atomic E-state index is 11.3. The number of rotatable bonds is 5. The molecule has 0 N–H and O–H groups in total. The summed E-state index contributed by atoms with van der Waals surface area (Å²) in [6, 6.07) is 0. The normalized spacial score (nSPS) is 28.8. The molecule has 0 aliphatic carbocycles. The number of nitrogens with zero attached hydrogens (tertiary/aromatic N) is 1. The van der Waals surface area contributed by atoms with Gasteiger partial charge in [0.1, 0.15) is 5.60 Å². The Labute approximate surface area is 126 Å². The standard InChI is InChI=1S/C16H27NO4/c1-13(18)17-11-16(12-17)15(5-9-21-16)4-8-20-10-14-2-6-19-7-3-14/h14-15H,2-12H2,1H3. The minimum atomic E-state index is -0.0618. The van der Waals surface area contributed by atoms with Crippen molar-refractivity contribution in [1.29, 1.82) is 0 Å². The quantitative estimate of drug-likeness (QED) is 0.721. The van der Waals surface area contributed by atoms with Crippen molar-refractivity contribution in [2.75, 3.05) is 46.1 Å². The third kappa shape index (κ3) is 3.41. The molecule has 0 saturated carbocycles. The maximum Gasteiger partial charge on any atom is 0.219 e. The van der Waals surface area contributed by atoms with Crippen LogP contribution in [-0.2, 0) is 19.0 Å². The number of likely N-dealkylation sites (tertiary alicyclic amines) is 1. The Bertz CT molecular complexity index is 361. The number of carbonyl (C=O) groups excluding carboxylic acids is 1. The van der Waals surface area contributed by atoms with E-state index < -0.39 is 0 Å². The Morgan fingerprint density at radius 3 is 2.71 bits per heavy atom. The van der Waals surface area contributed by atoms with E-state index in [4.69, 9.17) is 14.2 Å². The van der Waals surface area contributed by atoms with Crippen molar-refractivity contribution >= 4 is 5.91 Å². The molecule has 1 spiro atoms. The van der Waals surface area contributed by atoms with E-state index in [2.05, 4.69) is 0 Å². The van der Waals surface area contributed by atoms with Crippen LogP contribution in [-0.4, -0.2) is 62.5 Å². The molecule has 3 aliphatic heterocycles. The van der Waals surface area contributed by atoms with Crippen LogP contribution < -0.4 is 0 Å². The zero-order valence-corrected chi connectivity index (χ0v) is 13.0. The molecule has 21 heavy (non-hydrogen) atoms. The van der Waals surface area contributed by atoms with Crippen LogP contribution in [0.4, 0.5) is 0 Å². The Kier molecular flexibility index (Phi) is 4.82. The average molecular weight is 297 g/mol. The lowest BCUT2D eigenvalue weighted by Gasteiger charge is -2.50. The van der Waals surface area contributed by atoms with E-state index in [0.29, 0.717) is 11.8 Å². The minimum absolute atomic E-state index is 0.0618. The van der Waals surface area contributed by atoms with Crippen molar-refractivity contribution in [1.82, 2.24) is 4.90 Å². The number of hydrogen-bond donors (Lipinski definition) is 0. The van der Waals surface area contributed by atoms with E-state index in [0.717, 1.165) is 71.8 Å². The van der Waals surface area contributed by atoms with E-state index >= 15 is 0 Å². The third-order valence-electron chi connectivity index (χ3n) is 5.27. The summed E-state index contributed by atoms with van der Waals surface area (Å²) in [5, 5.41) is 0. The van der Waals surface area contributed by atoms with Crippen LogP contribution in [0.1, 0.15) is 32.6 Å². The van der Waals surface area contributed by atoms with Crippen molar-refractivity contribution in [2.45, 2.75) is 38.2 Å². The lowest BCUT2D eigenvalue weighted by molar-refractivity contribution is -0.164. The molecule has 3 fully saturated rings. The summed E-state index contributed by atoms with van der Waals surface area (Å²) in [6.45, 7) is 7.45. The smallest absolute Gasteiger partial charge is 0.219 e. The van der Waals surface area contributed by atoms with Gasteiger partial charge in [0.2, 0.25) is 5.91 Å². The highest BCUT2D eigenvalue weighted by molar-refractivity contribution is 5.74. The van der Waals surface area contributed by atoms with Crippen LogP contribution in [0, 0.1) is 11.8 Å². The van der Waals surface area contributed by atoms with Crippen molar-refractivity contribution in [3.63, 3.8) is 0 Å². The lowest BCUT2D eigenvalue weighted by atomic mass is 9.79. The fraction of sp³-hybridized carbons (Fsp3) is 0.938. The van der Waals surface area contributed by atoms with Gasteiger partial charge in [0, 0.05) is 40.0 Å². The molecule has 120 valence electrons. The SMILES string of the molecule is CC(=O)N1CC2(C1)OCCC2CCOCC1CCOCC1. The van der Waals surface area contributed by atoms with Crippen LogP contribution in [0.25, 0.3) is 0 Å². The highest BCUT2D eigenvalue weighted by atomic mass is 16.5. The van der Waals surface area contributed by atoms with Crippen molar-refractivity contribution in [2.24, 2.45) is 11.8 Å². The molecular formula is C16H27NO4. The zero-order valence-electron chi connectivity index (χ0n) is 13.0. The van der Waals surface area contributed by atoms with Crippen LogP contribution in [0.5, 0.6) is 0 Å². The van der Waals surface area contributed by atoms with Gasteiger partial charge in [-0.05, 0) is 37.5 Å². The predicted octanol–water partition coefficient (Wildman–Crippen LogP) is 1.46. The molecule has 1 unspecified atom stereocenters. The zero-order chi connectivity index (χ0) is 14.7. The Balaban J connectivity index is 1.36. The number of ether oxygens (including phenoxy) is 3. The first kappa shape index (κ1) is 15.3. The molecule has 3 saturated heterocycles. The van der Waals surface area contributed by atoms with Crippen LogP contribution in [0.3, 0.4) is 0 Å². The van der Waals surface area contributed by atoms with Crippen molar-refractivity contribution in [3.05, 3.63) is 0 Å². The molecule has 5 nitrogen and oxygen atoms in total. The first-order chi connectivity index (χ1) is 10.2. The van der Waals surface area contributed by atoms with E-state index in [9.17, 15) is 4.79 Å². The fourth-order valence-corrected chi connectivity index (χ4v) is 3.75. The average Bonchev–Trinajstić information content (AvgIpc) is 2.87. The number of carbonyl (C=O) groups is 1. The molecule has 0 aromatic rings. The Hall–Kier alpha value is -0.650. The molecule has 5 heteroatoms. The summed E-state index contributed by atoms with van der Waals surface area (Å²) in [6.07, 6.45) is 4.41. The van der Waals surface area contributed by atoms with Gasteiger partial charge in [-0.25, -0.2) is 0 Å². The second kappa shape index (κ2) is 6.63. The van der Waals surface area contributed by atoms with Gasteiger partial charge in [0.25, 0.3) is 0 Å². The van der Waals surface area contributed by atoms with Gasteiger partial charge in [0.15, 0.2) is 0 Å². The summed E-state index contributed by atoms with van der Waals surface area (Å²) < 4.78 is 17.2. The summed E-state index contributed by atoms with van der Waals surface area (Å²) in [5.74, 6) is 1.37. The highest BCUT2D eigenvalue weighted by Crippen LogP contribution is 2.41. The van der Waals surface area contributed by atoms with Gasteiger partial charge in [-0.2, -0.15) is 0 Å². The summed E-state index contributed by atoms with van der Waals surface area (Å²) >= 11 is 0. The number of amides is 1. The summed E-state index contributed by atoms with van der Waals surface area (Å²) in [5.41, 5.74) is -0.0618. The second-order valence-corrected chi connectivity index (χ2v) is 6.69. The fourth-order valence-electron chi connectivity index (χ4n) is 3.75. The molecule has 0 aromatic heterocycles. The van der Waals surface area contributed by atoms with Gasteiger partial charge < -0.3 is 19.1 Å². The minimum Gasteiger partial charge on any atom is -0.381 e. The Morgan fingerprint density at radius 1 is 1.24 bits per heavy atom. The second-order valence-electron chi connectivity index (χ2n) is 6.69. The van der Waals surface area contributed by atoms with E-state index in [1.165, 1.54) is 0 Å². The summed E-state index contributed by atoms with van der Waals surface area (Å²) in [7, 11) is 0. The maximum atomic E-state index is 11.3. The van der Waals surface area contributed by atoms with Crippen LogP contribution in [0.2, 0.25) is 0 Å². The van der Waals surface area contributed by atoms with E-state index in [1.807, 2.05) is 4.90 Å². The number of hydrogen-bond acceptors (Lipinski definition) is 4. The van der Waals surface area contributed by atoms with Gasteiger partial charge in [-0.15, -0.1) is 0 Å². The first-order valence-corrected chi connectivity index (χ1v) is 8.24. The molecule has 0 radical (unpaired) electrons. The molecule has 1 amide bonds. The van der Waals surface area contributed by atoms with Crippen LogP contribution >= 0.6 is 0 Å². The molecule has 3 rings (SSSR count). The van der Waals surface area contributed by atoms with Gasteiger partial charge in [-0.1, -0.05) is 0 Å². The topological polar surface area (TPSA) is 48.0 Å². The molecule has 3 heterocycles. The monoisotopic (exact) mass is 297 g/mol. The lowest BCUT2D eigenvalue weighted by Crippen LogP contribution is -2.65. The Morgan fingerprint density at radius 2 is 2.00 bits per heavy atom. The molecule has 0 bridgehead atoms. The van der Waals surface area contributed by atoms with Gasteiger partial charge in [0.05, 0.1) is 13.1 Å². The molecule has 1 atom stereocenters. The molecular weight excluding hydrogens is 270 g/mol. The largest absolute Gasteiger partial charge is 0.381 e. The summed E-state index contributed by atoms with van der Waals surface area (Å²) in [4.78, 5) is 13.2. The van der Waals surface area contributed by atoms with Gasteiger partial charge >= 0.3 is 0 Å². The predicted molar refractivity (Wildman–Crippen MR) is 78.0 cm³/mol. The first-order valence-electron chi connectivity index (χ1n) is 8.24. The van der Waals surface area contributed by atoms with Gasteiger partial charge in [-0.3, -0.25) is 4.79 Å². The highest BCUT2D eigenvalue weighted by Gasteiger charge is 2.53. The third-order valence-corrected chi connectivity index (χ3v) is 5.27. The molecule has 3 aliphatic rings. The van der Waals surface area contributed by atoms with Crippen molar-refractivity contribution < 1.29 is 19.0 Å². The van der Waals surface area contributed by atoms with Crippen molar-refractivity contribution in [3.8, 4) is 0 Å². The van der Waals surface area contributed by atoms with E-state index in [1.54, 1.807) is 6.92 Å². The molecule has 0 aromatic carbocycles. The van der Waals surface area contributed by atoms with Crippen LogP contribution in [0.15, 0.2) is 0 Å².